The smallest absolute Gasteiger partial charge is 0.312 e. The number of hydrogen-bond acceptors (Lipinski definition) is 3. The van der Waals surface area contributed by atoms with Crippen LogP contribution in [0.5, 0.6) is 0 Å². The Bertz CT molecular complexity index is 747. The van der Waals surface area contributed by atoms with Crippen molar-refractivity contribution in [2.45, 2.75) is 25.8 Å². The molecule has 0 unspecified atom stereocenters. The van der Waals surface area contributed by atoms with Crippen molar-refractivity contribution < 1.29 is 23.2 Å². The predicted molar refractivity (Wildman–Crippen MR) is 93.1 cm³/mol. The molecule has 2 aliphatic heterocycles. The summed E-state index contributed by atoms with van der Waals surface area (Å²) in [4.78, 5) is 39.1. The molecule has 4 amide bonds. The zero-order valence-corrected chi connectivity index (χ0v) is 15.0. The summed E-state index contributed by atoms with van der Waals surface area (Å²) in [5.74, 6) is -0.395. The number of carbonyl (C=O) groups is 3. The molecule has 3 rings (SSSR count). The SMILES string of the molecule is C[C@H](NC(N)=O)C(=O)N1CCC2(CN(C(=O)c3ccc(C(F)F)cc3)C2)C1. The zero-order valence-electron chi connectivity index (χ0n) is 15.0. The number of halogens is 2. The van der Waals surface area contributed by atoms with Gasteiger partial charge >= 0.3 is 6.03 Å². The monoisotopic (exact) mass is 380 g/mol. The van der Waals surface area contributed by atoms with E-state index < -0.39 is 18.5 Å². The topological polar surface area (TPSA) is 95.7 Å². The Morgan fingerprint density at radius 3 is 2.26 bits per heavy atom. The first kappa shape index (κ1) is 19.1. The molecule has 0 radical (unpaired) electrons. The van der Waals surface area contributed by atoms with Crippen molar-refractivity contribution in [2.75, 3.05) is 26.2 Å². The molecule has 0 saturated carbocycles. The first-order chi connectivity index (χ1) is 12.7. The van der Waals surface area contributed by atoms with Crippen LogP contribution in [0.2, 0.25) is 0 Å². The Morgan fingerprint density at radius 2 is 1.70 bits per heavy atom. The number of likely N-dealkylation sites (tertiary alicyclic amines) is 2. The average Bonchev–Trinajstić information content (AvgIpc) is 3.04. The molecule has 1 atom stereocenters. The molecule has 3 N–H and O–H groups in total. The van der Waals surface area contributed by atoms with E-state index in [1.807, 2.05) is 0 Å². The number of benzene rings is 1. The van der Waals surface area contributed by atoms with Gasteiger partial charge in [-0.15, -0.1) is 0 Å². The van der Waals surface area contributed by atoms with Crippen LogP contribution >= 0.6 is 0 Å². The molecule has 1 spiro atoms. The fourth-order valence-corrected chi connectivity index (χ4v) is 3.79. The van der Waals surface area contributed by atoms with Gasteiger partial charge < -0.3 is 20.9 Å². The number of nitrogens with zero attached hydrogens (tertiary/aromatic N) is 2. The highest BCUT2D eigenvalue weighted by Gasteiger charge is 2.50. The average molecular weight is 380 g/mol. The minimum Gasteiger partial charge on any atom is -0.352 e. The minimum atomic E-state index is -2.56. The summed E-state index contributed by atoms with van der Waals surface area (Å²) in [5, 5.41) is 2.37. The van der Waals surface area contributed by atoms with Crippen molar-refractivity contribution in [3.63, 3.8) is 0 Å². The van der Waals surface area contributed by atoms with Crippen molar-refractivity contribution in [3.05, 3.63) is 35.4 Å². The van der Waals surface area contributed by atoms with Gasteiger partial charge in [-0.25, -0.2) is 13.6 Å². The van der Waals surface area contributed by atoms with Crippen molar-refractivity contribution in [3.8, 4) is 0 Å². The van der Waals surface area contributed by atoms with Crippen LogP contribution < -0.4 is 11.1 Å². The third-order valence-corrected chi connectivity index (χ3v) is 5.23. The molecule has 27 heavy (non-hydrogen) atoms. The lowest BCUT2D eigenvalue weighted by Crippen LogP contribution is -2.60. The van der Waals surface area contributed by atoms with Gasteiger partial charge in [-0.3, -0.25) is 9.59 Å². The van der Waals surface area contributed by atoms with Gasteiger partial charge in [0.25, 0.3) is 12.3 Å². The molecule has 2 heterocycles. The van der Waals surface area contributed by atoms with Crippen molar-refractivity contribution >= 4 is 17.8 Å². The number of rotatable bonds is 4. The number of nitrogens with two attached hydrogens (primary N) is 1. The number of alkyl halides is 2. The second-order valence-electron chi connectivity index (χ2n) is 7.32. The fraction of sp³-hybridized carbons (Fsp3) is 0.500. The fourth-order valence-electron chi connectivity index (χ4n) is 3.79. The van der Waals surface area contributed by atoms with Gasteiger partial charge in [-0.2, -0.15) is 0 Å². The number of carbonyl (C=O) groups excluding carboxylic acids is 3. The molecule has 9 heteroatoms. The molecular weight excluding hydrogens is 358 g/mol. The Kier molecular flexibility index (Phi) is 5.03. The molecule has 1 aromatic carbocycles. The highest BCUT2D eigenvalue weighted by molar-refractivity contribution is 5.95. The van der Waals surface area contributed by atoms with Crippen LogP contribution in [-0.2, 0) is 4.79 Å². The molecule has 0 bridgehead atoms. The van der Waals surface area contributed by atoms with E-state index in [-0.39, 0.29) is 22.8 Å². The van der Waals surface area contributed by atoms with E-state index in [1.165, 1.54) is 24.3 Å². The highest BCUT2D eigenvalue weighted by atomic mass is 19.3. The van der Waals surface area contributed by atoms with E-state index in [2.05, 4.69) is 5.32 Å². The summed E-state index contributed by atoms with van der Waals surface area (Å²) in [6.07, 6.45) is -1.79. The molecule has 2 fully saturated rings. The maximum Gasteiger partial charge on any atom is 0.312 e. The lowest BCUT2D eigenvalue weighted by Gasteiger charge is -2.48. The van der Waals surface area contributed by atoms with Crippen LogP contribution in [0.25, 0.3) is 0 Å². The molecule has 7 nitrogen and oxygen atoms in total. The van der Waals surface area contributed by atoms with Crippen molar-refractivity contribution in [1.29, 1.82) is 0 Å². The van der Waals surface area contributed by atoms with E-state index in [0.29, 0.717) is 31.7 Å². The van der Waals surface area contributed by atoms with E-state index in [0.717, 1.165) is 6.42 Å². The number of urea groups is 1. The maximum atomic E-state index is 12.6. The van der Waals surface area contributed by atoms with Gasteiger partial charge in [0, 0.05) is 42.7 Å². The lowest BCUT2D eigenvalue weighted by atomic mass is 9.78. The summed E-state index contributed by atoms with van der Waals surface area (Å²) in [7, 11) is 0. The normalized spacial score (nSPS) is 19.1. The molecular formula is C18H22F2N4O3. The Morgan fingerprint density at radius 1 is 1.11 bits per heavy atom. The molecule has 2 aliphatic rings. The van der Waals surface area contributed by atoms with Crippen molar-refractivity contribution in [1.82, 2.24) is 15.1 Å². The Labute approximate surface area is 155 Å². The quantitative estimate of drug-likeness (QED) is 0.825. The van der Waals surface area contributed by atoms with Gasteiger partial charge in [-0.05, 0) is 25.5 Å². The maximum absolute atomic E-state index is 12.6. The van der Waals surface area contributed by atoms with Gasteiger partial charge in [0.05, 0.1) is 0 Å². The van der Waals surface area contributed by atoms with Crippen LogP contribution in [0.1, 0.15) is 35.7 Å². The van der Waals surface area contributed by atoms with E-state index >= 15 is 0 Å². The van der Waals surface area contributed by atoms with Gasteiger partial charge in [0.2, 0.25) is 5.91 Å². The third-order valence-electron chi connectivity index (χ3n) is 5.23. The number of nitrogens with one attached hydrogen (secondary N) is 1. The van der Waals surface area contributed by atoms with E-state index in [9.17, 15) is 23.2 Å². The standard InChI is InChI=1S/C18H22F2N4O3/c1-11(22-17(21)27)15(25)23-7-6-18(8-23)9-24(10-18)16(26)13-4-2-12(3-5-13)14(19)20/h2-5,11,14H,6-10H2,1H3,(H3,21,22,27)/t11-/m0/s1. The van der Waals surface area contributed by atoms with Gasteiger partial charge in [-0.1, -0.05) is 12.1 Å². The predicted octanol–water partition coefficient (Wildman–Crippen LogP) is 1.36. The number of amides is 4. The lowest BCUT2D eigenvalue weighted by molar-refractivity contribution is -0.132. The van der Waals surface area contributed by atoms with E-state index in [4.69, 9.17) is 5.73 Å². The Hall–Kier alpha value is -2.71. The van der Waals surface area contributed by atoms with Crippen LogP contribution in [0, 0.1) is 5.41 Å². The van der Waals surface area contributed by atoms with Gasteiger partial charge in [0.1, 0.15) is 6.04 Å². The van der Waals surface area contributed by atoms with Crippen molar-refractivity contribution in [2.24, 2.45) is 11.1 Å². The second kappa shape index (κ2) is 7.13. The molecule has 1 aromatic rings. The summed E-state index contributed by atoms with van der Waals surface area (Å²) in [6, 6.07) is 3.91. The molecule has 146 valence electrons. The third kappa shape index (κ3) is 3.86. The van der Waals surface area contributed by atoms with Gasteiger partial charge in [0.15, 0.2) is 0 Å². The number of primary amides is 1. The molecule has 0 aliphatic carbocycles. The largest absolute Gasteiger partial charge is 0.352 e. The van der Waals surface area contributed by atoms with Crippen LogP contribution in [-0.4, -0.2) is 59.9 Å². The van der Waals surface area contributed by atoms with Crippen LogP contribution in [0.4, 0.5) is 13.6 Å². The highest BCUT2D eigenvalue weighted by Crippen LogP contribution is 2.40. The Balaban J connectivity index is 1.55. The second-order valence-corrected chi connectivity index (χ2v) is 7.32. The first-order valence-corrected chi connectivity index (χ1v) is 8.73. The summed E-state index contributed by atoms with van der Waals surface area (Å²) < 4.78 is 25.2. The minimum absolute atomic E-state index is 0.115. The first-order valence-electron chi connectivity index (χ1n) is 8.73. The zero-order chi connectivity index (χ0) is 19.8. The molecule has 2 saturated heterocycles. The van der Waals surface area contributed by atoms with Crippen LogP contribution in [0.3, 0.4) is 0 Å². The summed E-state index contributed by atoms with van der Waals surface area (Å²) in [6.45, 7) is 3.70. The molecule has 0 aromatic heterocycles. The number of hydrogen-bond donors (Lipinski definition) is 2. The van der Waals surface area contributed by atoms with Crippen LogP contribution in [0.15, 0.2) is 24.3 Å². The summed E-state index contributed by atoms with van der Waals surface area (Å²) >= 11 is 0. The van der Waals surface area contributed by atoms with E-state index in [1.54, 1.807) is 16.7 Å². The summed E-state index contributed by atoms with van der Waals surface area (Å²) in [5.41, 5.74) is 5.17.